The standard InChI is InChI=1S/C32H66/c1-14-19-21-23-31(25-26(6)7,29(11,12)13)32(27(8)9,24-20-15-2)30(18-5,22-16-3)28(10)17-4/h26-28H,14-25H2,1-13H3. The minimum Gasteiger partial charge on any atom is -0.0654 e. The number of unbranched alkanes of at least 4 members (excludes halogenated alkanes) is 3. The molecule has 0 heterocycles. The molecule has 0 aliphatic rings. The zero-order chi connectivity index (χ0) is 25.2. The van der Waals surface area contributed by atoms with E-state index in [9.17, 15) is 0 Å². The van der Waals surface area contributed by atoms with Gasteiger partial charge in [0.25, 0.3) is 0 Å². The number of hydrogen-bond donors (Lipinski definition) is 0. The van der Waals surface area contributed by atoms with E-state index in [1.54, 1.807) is 0 Å². The lowest BCUT2D eigenvalue weighted by Gasteiger charge is -2.70. The van der Waals surface area contributed by atoms with Crippen molar-refractivity contribution >= 4 is 0 Å². The quantitative estimate of drug-likeness (QED) is 0.193. The first-order chi connectivity index (χ1) is 14.8. The summed E-state index contributed by atoms with van der Waals surface area (Å²) in [6.07, 6.45) is 16.4. The summed E-state index contributed by atoms with van der Waals surface area (Å²) in [5.41, 5.74) is 1.44. The summed E-state index contributed by atoms with van der Waals surface area (Å²) in [5, 5.41) is 0. The van der Waals surface area contributed by atoms with E-state index >= 15 is 0 Å². The van der Waals surface area contributed by atoms with E-state index in [0.717, 1.165) is 11.8 Å². The average Bonchev–Trinajstić information content (AvgIpc) is 2.70. The molecule has 4 unspecified atom stereocenters. The summed E-state index contributed by atoms with van der Waals surface area (Å²) >= 11 is 0. The summed E-state index contributed by atoms with van der Waals surface area (Å²) in [5.74, 6) is 2.21. The van der Waals surface area contributed by atoms with Crippen molar-refractivity contribution in [3.8, 4) is 0 Å². The van der Waals surface area contributed by atoms with Crippen LogP contribution in [0.4, 0.5) is 0 Å². The molecular weight excluding hydrogens is 384 g/mol. The predicted octanol–water partition coefficient (Wildman–Crippen LogP) is 11.7. The van der Waals surface area contributed by atoms with Crippen molar-refractivity contribution in [2.45, 2.75) is 167 Å². The van der Waals surface area contributed by atoms with Crippen molar-refractivity contribution in [2.75, 3.05) is 0 Å². The van der Waals surface area contributed by atoms with E-state index in [-0.39, 0.29) is 0 Å². The molecule has 0 nitrogen and oxygen atoms in total. The van der Waals surface area contributed by atoms with E-state index in [4.69, 9.17) is 0 Å². The predicted molar refractivity (Wildman–Crippen MR) is 149 cm³/mol. The molecule has 0 heteroatoms. The molecule has 0 aliphatic heterocycles. The van der Waals surface area contributed by atoms with E-state index in [1.165, 1.54) is 77.0 Å². The van der Waals surface area contributed by atoms with Gasteiger partial charge in [0.15, 0.2) is 0 Å². The molecule has 0 saturated heterocycles. The Kier molecular flexibility index (Phi) is 13.8. The highest BCUT2D eigenvalue weighted by atomic mass is 14.7. The highest BCUT2D eigenvalue weighted by Crippen LogP contribution is 2.73. The van der Waals surface area contributed by atoms with Gasteiger partial charge in [-0.1, -0.05) is 135 Å². The van der Waals surface area contributed by atoms with Crippen LogP contribution in [-0.4, -0.2) is 0 Å². The summed E-state index contributed by atoms with van der Waals surface area (Å²) in [4.78, 5) is 0. The topological polar surface area (TPSA) is 0 Å². The zero-order valence-corrected chi connectivity index (χ0v) is 25.2. The normalized spacial score (nSPS) is 19.6. The van der Waals surface area contributed by atoms with Gasteiger partial charge in [0.2, 0.25) is 0 Å². The second-order valence-electron chi connectivity index (χ2n) is 13.2. The largest absolute Gasteiger partial charge is 0.0654 e. The van der Waals surface area contributed by atoms with Gasteiger partial charge in [-0.2, -0.15) is 0 Å². The molecule has 0 radical (unpaired) electrons. The Morgan fingerprint density at radius 2 is 1.19 bits per heavy atom. The molecule has 32 heavy (non-hydrogen) atoms. The third-order valence-electron chi connectivity index (χ3n) is 9.93. The Morgan fingerprint density at radius 3 is 1.53 bits per heavy atom. The van der Waals surface area contributed by atoms with Crippen LogP contribution >= 0.6 is 0 Å². The Morgan fingerprint density at radius 1 is 0.625 bits per heavy atom. The van der Waals surface area contributed by atoms with Crippen LogP contribution in [0.3, 0.4) is 0 Å². The van der Waals surface area contributed by atoms with Crippen LogP contribution in [0.25, 0.3) is 0 Å². The van der Waals surface area contributed by atoms with Crippen molar-refractivity contribution in [3.63, 3.8) is 0 Å². The summed E-state index contributed by atoms with van der Waals surface area (Å²) in [6.45, 7) is 33.0. The highest BCUT2D eigenvalue weighted by molar-refractivity contribution is 5.14. The minimum atomic E-state index is 0.296. The van der Waals surface area contributed by atoms with Crippen molar-refractivity contribution in [1.29, 1.82) is 0 Å². The molecule has 4 atom stereocenters. The van der Waals surface area contributed by atoms with Crippen LogP contribution in [0, 0.1) is 39.4 Å². The van der Waals surface area contributed by atoms with Crippen molar-refractivity contribution in [1.82, 2.24) is 0 Å². The Labute approximate surface area is 206 Å². The molecule has 0 aromatic heterocycles. The van der Waals surface area contributed by atoms with Crippen molar-refractivity contribution < 1.29 is 0 Å². The molecule has 194 valence electrons. The molecule has 0 saturated carbocycles. The fourth-order valence-electron chi connectivity index (χ4n) is 8.65. The van der Waals surface area contributed by atoms with E-state index in [2.05, 4.69) is 90.0 Å². The van der Waals surface area contributed by atoms with Gasteiger partial charge >= 0.3 is 0 Å². The molecule has 0 amide bonds. The first-order valence-electron chi connectivity index (χ1n) is 14.8. The minimum absolute atomic E-state index is 0.296. The van der Waals surface area contributed by atoms with Crippen LogP contribution in [0.2, 0.25) is 0 Å². The van der Waals surface area contributed by atoms with E-state index in [1.807, 2.05) is 0 Å². The fourth-order valence-corrected chi connectivity index (χ4v) is 8.65. The molecule has 0 aromatic rings. The molecular formula is C32H66. The first kappa shape index (κ1) is 32.0. The zero-order valence-electron chi connectivity index (χ0n) is 25.2. The Hall–Kier alpha value is 0. The van der Waals surface area contributed by atoms with Gasteiger partial charge in [0, 0.05) is 0 Å². The monoisotopic (exact) mass is 451 g/mol. The molecule has 0 aliphatic carbocycles. The van der Waals surface area contributed by atoms with Gasteiger partial charge < -0.3 is 0 Å². The first-order valence-corrected chi connectivity index (χ1v) is 14.8. The molecule has 0 aromatic carbocycles. The van der Waals surface area contributed by atoms with E-state index < -0.39 is 0 Å². The van der Waals surface area contributed by atoms with Crippen LogP contribution in [0.5, 0.6) is 0 Å². The lowest BCUT2D eigenvalue weighted by Crippen LogP contribution is -2.63. The Balaban J connectivity index is 7.59. The maximum atomic E-state index is 2.62. The molecule has 0 fully saturated rings. The summed E-state index contributed by atoms with van der Waals surface area (Å²) in [7, 11) is 0. The molecule has 0 spiro atoms. The van der Waals surface area contributed by atoms with Gasteiger partial charge in [-0.05, 0) is 71.5 Å². The molecule has 0 N–H and O–H groups in total. The van der Waals surface area contributed by atoms with Gasteiger partial charge in [0.1, 0.15) is 0 Å². The smallest absolute Gasteiger partial charge is 0.0154 e. The van der Waals surface area contributed by atoms with Crippen molar-refractivity contribution in [2.24, 2.45) is 39.4 Å². The summed E-state index contributed by atoms with van der Waals surface area (Å²) in [6, 6.07) is 0. The second kappa shape index (κ2) is 13.8. The lowest BCUT2D eigenvalue weighted by atomic mass is 9.34. The van der Waals surface area contributed by atoms with Crippen LogP contribution in [0.15, 0.2) is 0 Å². The van der Waals surface area contributed by atoms with Gasteiger partial charge in [-0.3, -0.25) is 0 Å². The lowest BCUT2D eigenvalue weighted by molar-refractivity contribution is -0.218. The highest BCUT2D eigenvalue weighted by Gasteiger charge is 2.66. The van der Waals surface area contributed by atoms with E-state index in [0.29, 0.717) is 27.6 Å². The maximum absolute atomic E-state index is 2.62. The van der Waals surface area contributed by atoms with Gasteiger partial charge in [-0.15, -0.1) is 0 Å². The third-order valence-corrected chi connectivity index (χ3v) is 9.93. The molecule has 0 rings (SSSR count). The number of hydrogen-bond acceptors (Lipinski definition) is 0. The maximum Gasteiger partial charge on any atom is -0.0154 e. The number of rotatable bonds is 17. The second-order valence-corrected chi connectivity index (χ2v) is 13.2. The molecule has 0 bridgehead atoms. The average molecular weight is 451 g/mol. The fraction of sp³-hybridized carbons (Fsp3) is 1.00. The van der Waals surface area contributed by atoms with Crippen LogP contribution in [-0.2, 0) is 0 Å². The van der Waals surface area contributed by atoms with Gasteiger partial charge in [0.05, 0.1) is 0 Å². The van der Waals surface area contributed by atoms with Crippen LogP contribution in [0.1, 0.15) is 167 Å². The van der Waals surface area contributed by atoms with Crippen LogP contribution < -0.4 is 0 Å². The Bertz CT molecular complexity index is 481. The van der Waals surface area contributed by atoms with Gasteiger partial charge in [-0.25, -0.2) is 0 Å². The summed E-state index contributed by atoms with van der Waals surface area (Å²) < 4.78 is 0. The SMILES string of the molecule is CCCCCC(CC(C)C)(C(C)(C)C)C(CCCC)(C(C)C)C(CC)(CCC)C(C)CC. The third kappa shape index (κ3) is 6.16. The van der Waals surface area contributed by atoms with Crippen molar-refractivity contribution in [3.05, 3.63) is 0 Å².